The molecule has 1 amide bonds. The summed E-state index contributed by atoms with van der Waals surface area (Å²) >= 11 is 0. The summed E-state index contributed by atoms with van der Waals surface area (Å²) in [6.45, 7) is 6.51. The van der Waals surface area contributed by atoms with Crippen LogP contribution in [0.25, 0.3) is 0 Å². The Hall–Kier alpha value is -2.11. The Balaban J connectivity index is 1.54. The molecule has 0 bridgehead atoms. The lowest BCUT2D eigenvalue weighted by molar-refractivity contribution is -0.133. The second-order valence-corrected chi connectivity index (χ2v) is 7.05. The molecule has 2 atom stereocenters. The highest BCUT2D eigenvalue weighted by molar-refractivity contribution is 5.84. The molecule has 24 heavy (non-hydrogen) atoms. The van der Waals surface area contributed by atoms with Crippen molar-refractivity contribution in [2.45, 2.75) is 64.3 Å². The molecule has 3 heterocycles. The lowest BCUT2D eigenvalue weighted by atomic mass is 9.99. The number of hydrogen-bond acceptors (Lipinski definition) is 5. The second-order valence-electron chi connectivity index (χ2n) is 7.05. The van der Waals surface area contributed by atoms with Gasteiger partial charge in [0, 0.05) is 18.0 Å². The molecule has 2 aromatic rings. The molecule has 2 aliphatic rings. The molecule has 128 valence electrons. The monoisotopic (exact) mass is 329 g/mol. The number of likely N-dealkylation sites (tertiary alicyclic amines) is 1. The van der Waals surface area contributed by atoms with Gasteiger partial charge in [-0.15, -0.1) is 0 Å². The van der Waals surface area contributed by atoms with Crippen LogP contribution in [0.15, 0.2) is 15.0 Å². The van der Waals surface area contributed by atoms with Gasteiger partial charge < -0.3 is 13.8 Å². The number of aromatic nitrogens is 2. The van der Waals surface area contributed by atoms with E-state index < -0.39 is 0 Å². The van der Waals surface area contributed by atoms with Crippen LogP contribution in [0.5, 0.6) is 0 Å². The van der Waals surface area contributed by atoms with Crippen molar-refractivity contribution in [3.63, 3.8) is 0 Å². The lowest BCUT2D eigenvalue weighted by Gasteiger charge is -2.25. The third-order valence-corrected chi connectivity index (χ3v) is 5.13. The summed E-state index contributed by atoms with van der Waals surface area (Å²) in [5.74, 6) is 3.38. The molecule has 2 unspecified atom stereocenters. The smallest absolute Gasteiger partial charge is 0.230 e. The third-order valence-electron chi connectivity index (χ3n) is 5.13. The van der Waals surface area contributed by atoms with Crippen LogP contribution >= 0.6 is 0 Å². The SMILES string of the molecule is Cc1cc(C(C)C(=O)N2CCCC2c2noc(C3CC3)n2)c(C)o1. The Kier molecular flexibility index (Phi) is 3.70. The van der Waals surface area contributed by atoms with Crippen LogP contribution < -0.4 is 0 Å². The number of rotatable bonds is 4. The zero-order valence-electron chi connectivity index (χ0n) is 14.4. The van der Waals surface area contributed by atoms with E-state index >= 15 is 0 Å². The first-order valence-corrected chi connectivity index (χ1v) is 8.75. The minimum Gasteiger partial charge on any atom is -0.466 e. The predicted molar refractivity (Wildman–Crippen MR) is 86.6 cm³/mol. The van der Waals surface area contributed by atoms with Crippen molar-refractivity contribution >= 4 is 5.91 Å². The standard InChI is InChI=1S/C18H23N3O3/c1-10-9-14(12(3)23-10)11(2)18(22)21-8-4-5-15(21)16-19-17(24-20-16)13-6-7-13/h9,11,13,15H,4-8H2,1-3H3. The second kappa shape index (κ2) is 5.76. The van der Waals surface area contributed by atoms with Gasteiger partial charge in [0.15, 0.2) is 5.82 Å². The molecule has 0 N–H and O–H groups in total. The van der Waals surface area contributed by atoms with E-state index in [-0.39, 0.29) is 17.9 Å². The zero-order chi connectivity index (χ0) is 16.8. The van der Waals surface area contributed by atoms with Crippen molar-refractivity contribution in [1.82, 2.24) is 15.0 Å². The van der Waals surface area contributed by atoms with Crippen LogP contribution in [0, 0.1) is 13.8 Å². The van der Waals surface area contributed by atoms with Crippen molar-refractivity contribution in [1.29, 1.82) is 0 Å². The van der Waals surface area contributed by atoms with Gasteiger partial charge in [0.2, 0.25) is 11.8 Å². The van der Waals surface area contributed by atoms with Gasteiger partial charge in [-0.3, -0.25) is 4.79 Å². The van der Waals surface area contributed by atoms with Crippen LogP contribution in [0.3, 0.4) is 0 Å². The number of hydrogen-bond donors (Lipinski definition) is 0. The normalized spacial score (nSPS) is 22.1. The molecule has 6 heteroatoms. The van der Waals surface area contributed by atoms with E-state index in [2.05, 4.69) is 10.1 Å². The van der Waals surface area contributed by atoms with E-state index in [0.717, 1.165) is 55.2 Å². The molecular formula is C18H23N3O3. The van der Waals surface area contributed by atoms with Crippen LogP contribution in [-0.4, -0.2) is 27.5 Å². The topological polar surface area (TPSA) is 72.4 Å². The fourth-order valence-electron chi connectivity index (χ4n) is 3.64. The van der Waals surface area contributed by atoms with Gasteiger partial charge in [0.05, 0.1) is 12.0 Å². The predicted octanol–water partition coefficient (Wildman–Crippen LogP) is 3.62. The molecule has 1 aliphatic carbocycles. The fraction of sp³-hybridized carbons (Fsp3) is 0.611. The molecule has 0 aromatic carbocycles. The Labute approximate surface area is 141 Å². The van der Waals surface area contributed by atoms with Gasteiger partial charge in [-0.25, -0.2) is 0 Å². The summed E-state index contributed by atoms with van der Waals surface area (Å²) in [7, 11) is 0. The summed E-state index contributed by atoms with van der Waals surface area (Å²) < 4.78 is 11.0. The molecule has 4 rings (SSSR count). The average molecular weight is 329 g/mol. The molecule has 1 saturated carbocycles. The maximum Gasteiger partial charge on any atom is 0.230 e. The van der Waals surface area contributed by atoms with Gasteiger partial charge >= 0.3 is 0 Å². The van der Waals surface area contributed by atoms with E-state index in [9.17, 15) is 4.79 Å². The van der Waals surface area contributed by atoms with Gasteiger partial charge in [-0.05, 0) is 52.5 Å². The number of aryl methyl sites for hydroxylation is 2. The van der Waals surface area contributed by atoms with Crippen molar-refractivity contribution in [2.24, 2.45) is 0 Å². The lowest BCUT2D eigenvalue weighted by Crippen LogP contribution is -2.34. The van der Waals surface area contributed by atoms with Gasteiger partial charge in [0.25, 0.3) is 0 Å². The highest BCUT2D eigenvalue weighted by atomic mass is 16.5. The number of amides is 1. The van der Waals surface area contributed by atoms with Crippen molar-refractivity contribution in [3.8, 4) is 0 Å². The Morgan fingerprint density at radius 1 is 1.33 bits per heavy atom. The van der Waals surface area contributed by atoms with Crippen LogP contribution in [0.2, 0.25) is 0 Å². The Morgan fingerprint density at radius 2 is 2.12 bits per heavy atom. The minimum atomic E-state index is -0.224. The van der Waals surface area contributed by atoms with Gasteiger partial charge in [0.1, 0.15) is 11.5 Å². The van der Waals surface area contributed by atoms with Crippen LogP contribution in [-0.2, 0) is 4.79 Å². The molecule has 6 nitrogen and oxygen atoms in total. The summed E-state index contributed by atoms with van der Waals surface area (Å²) in [5.41, 5.74) is 0.968. The summed E-state index contributed by atoms with van der Waals surface area (Å²) in [6, 6.07) is 1.90. The number of carbonyl (C=O) groups is 1. The van der Waals surface area contributed by atoms with Gasteiger partial charge in [-0.2, -0.15) is 4.98 Å². The van der Waals surface area contributed by atoms with E-state index in [0.29, 0.717) is 11.7 Å². The molecule has 0 radical (unpaired) electrons. The molecule has 2 fully saturated rings. The summed E-state index contributed by atoms with van der Waals surface area (Å²) in [6.07, 6.45) is 4.13. The maximum absolute atomic E-state index is 13.0. The molecule has 0 spiro atoms. The van der Waals surface area contributed by atoms with E-state index in [1.807, 2.05) is 31.7 Å². The zero-order valence-corrected chi connectivity index (χ0v) is 14.4. The first-order chi connectivity index (χ1) is 11.5. The third kappa shape index (κ3) is 2.64. The number of nitrogens with zero attached hydrogens (tertiary/aromatic N) is 3. The molecule has 2 aromatic heterocycles. The van der Waals surface area contributed by atoms with E-state index in [4.69, 9.17) is 8.94 Å². The Morgan fingerprint density at radius 3 is 2.79 bits per heavy atom. The number of furan rings is 1. The molecule has 1 aliphatic heterocycles. The quantitative estimate of drug-likeness (QED) is 0.856. The fourth-order valence-corrected chi connectivity index (χ4v) is 3.64. The largest absolute Gasteiger partial charge is 0.466 e. The first-order valence-electron chi connectivity index (χ1n) is 8.75. The first kappa shape index (κ1) is 15.4. The van der Waals surface area contributed by atoms with Crippen LogP contribution in [0.4, 0.5) is 0 Å². The molecular weight excluding hydrogens is 306 g/mol. The van der Waals surface area contributed by atoms with Crippen molar-refractivity contribution in [3.05, 3.63) is 34.9 Å². The highest BCUT2D eigenvalue weighted by Gasteiger charge is 2.38. The van der Waals surface area contributed by atoms with E-state index in [1.54, 1.807) is 0 Å². The van der Waals surface area contributed by atoms with Gasteiger partial charge in [-0.1, -0.05) is 5.16 Å². The maximum atomic E-state index is 13.0. The summed E-state index contributed by atoms with van der Waals surface area (Å²) in [4.78, 5) is 19.5. The minimum absolute atomic E-state index is 0.0653. The highest BCUT2D eigenvalue weighted by Crippen LogP contribution is 2.40. The van der Waals surface area contributed by atoms with Crippen LogP contribution in [0.1, 0.15) is 79.3 Å². The van der Waals surface area contributed by atoms with Crippen molar-refractivity contribution in [2.75, 3.05) is 6.54 Å². The average Bonchev–Trinajstić information content (AvgIpc) is 2.99. The molecule has 1 saturated heterocycles. The Bertz CT molecular complexity index is 759. The van der Waals surface area contributed by atoms with E-state index in [1.165, 1.54) is 0 Å². The number of carbonyl (C=O) groups excluding carboxylic acids is 1. The van der Waals surface area contributed by atoms with Crippen molar-refractivity contribution < 1.29 is 13.7 Å². The summed E-state index contributed by atoms with van der Waals surface area (Å²) in [5, 5.41) is 4.15.